The smallest absolute Gasteiger partial charge is 0.251 e. The van der Waals surface area contributed by atoms with Crippen molar-refractivity contribution in [3.05, 3.63) is 41.6 Å². The summed E-state index contributed by atoms with van der Waals surface area (Å²) in [7, 11) is 1.64. The van der Waals surface area contributed by atoms with Gasteiger partial charge in [0.1, 0.15) is 0 Å². The quantitative estimate of drug-likeness (QED) is 0.887. The van der Waals surface area contributed by atoms with Crippen LogP contribution in [0.4, 0.5) is 0 Å². The zero-order valence-corrected chi connectivity index (χ0v) is 14.6. The normalized spacial score (nSPS) is 11.8. The summed E-state index contributed by atoms with van der Waals surface area (Å²) < 4.78 is 0. The second kappa shape index (κ2) is 8.52. The van der Waals surface area contributed by atoms with Gasteiger partial charge in [0.25, 0.3) is 5.91 Å². The Hall–Kier alpha value is -1.90. The molecule has 1 heterocycles. The minimum absolute atomic E-state index is 0.0722. The number of aromatic nitrogens is 1. The molecule has 120 valence electrons. The molecule has 2 aromatic rings. The molecule has 0 radical (unpaired) electrons. The van der Waals surface area contributed by atoms with Crippen molar-refractivity contribution in [3.8, 4) is 0 Å². The number of hydrogen-bond donors (Lipinski definition) is 1. The molecule has 0 saturated heterocycles. The first-order valence-electron chi connectivity index (χ1n) is 8.07. The van der Waals surface area contributed by atoms with Crippen LogP contribution >= 0.6 is 0 Å². The molecular formula is C19H28N2O. The van der Waals surface area contributed by atoms with E-state index >= 15 is 0 Å². The predicted molar refractivity (Wildman–Crippen MR) is 94.4 cm³/mol. The lowest BCUT2D eigenvalue weighted by molar-refractivity contribution is 0.0964. The van der Waals surface area contributed by atoms with Crippen LogP contribution in [0.1, 0.15) is 63.0 Å². The van der Waals surface area contributed by atoms with Crippen LogP contribution in [-0.4, -0.2) is 17.9 Å². The van der Waals surface area contributed by atoms with Gasteiger partial charge in [-0.3, -0.25) is 9.78 Å². The summed E-state index contributed by atoms with van der Waals surface area (Å²) in [6, 6.07) is 9.69. The van der Waals surface area contributed by atoms with E-state index in [2.05, 4.69) is 39.9 Å². The molecule has 0 fully saturated rings. The highest BCUT2D eigenvalue weighted by molar-refractivity contribution is 6.06. The third-order valence-electron chi connectivity index (χ3n) is 3.69. The molecule has 0 aliphatic heterocycles. The molecule has 0 spiro atoms. The lowest BCUT2D eigenvalue weighted by atomic mass is 9.93. The van der Waals surface area contributed by atoms with E-state index in [0.29, 0.717) is 17.4 Å². The molecule has 3 heteroatoms. The maximum atomic E-state index is 11.8. The Morgan fingerprint density at radius 2 is 1.77 bits per heavy atom. The Morgan fingerprint density at radius 1 is 1.14 bits per heavy atom. The highest BCUT2D eigenvalue weighted by Gasteiger charge is 2.14. The Labute approximate surface area is 134 Å². The van der Waals surface area contributed by atoms with Crippen molar-refractivity contribution in [3.63, 3.8) is 0 Å². The standard InChI is InChI=1S/C16H20N2O.C3H8/c1-10(2)11(3)14-9-8-12-13(16(19)17-4)6-5-7-15(12)18-14;1-3-2/h5-11H,1-4H3,(H,17,19);3H2,1-2H3. The highest BCUT2D eigenvalue weighted by atomic mass is 16.1. The van der Waals surface area contributed by atoms with Gasteiger partial charge in [0.15, 0.2) is 0 Å². The molecule has 2 rings (SSSR count). The topological polar surface area (TPSA) is 42.0 Å². The largest absolute Gasteiger partial charge is 0.355 e. The first-order valence-corrected chi connectivity index (χ1v) is 8.07. The Bertz CT molecular complexity index is 620. The summed E-state index contributed by atoms with van der Waals surface area (Å²) in [6.45, 7) is 10.8. The summed E-state index contributed by atoms with van der Waals surface area (Å²) in [5.41, 5.74) is 2.64. The number of nitrogens with zero attached hydrogens (tertiary/aromatic N) is 1. The van der Waals surface area contributed by atoms with E-state index in [9.17, 15) is 4.79 Å². The van der Waals surface area contributed by atoms with Crippen LogP contribution in [0.25, 0.3) is 10.9 Å². The van der Waals surface area contributed by atoms with Crippen molar-refractivity contribution in [2.75, 3.05) is 7.05 Å². The highest BCUT2D eigenvalue weighted by Crippen LogP contribution is 2.25. The monoisotopic (exact) mass is 300 g/mol. The summed E-state index contributed by atoms with van der Waals surface area (Å²) in [6.07, 6.45) is 1.25. The number of carbonyl (C=O) groups is 1. The molecule has 1 amide bonds. The molecule has 3 nitrogen and oxygen atoms in total. The number of pyridine rings is 1. The lowest BCUT2D eigenvalue weighted by Crippen LogP contribution is -2.18. The first kappa shape index (κ1) is 18.1. The molecule has 1 aromatic heterocycles. The fourth-order valence-electron chi connectivity index (χ4n) is 2.10. The summed E-state index contributed by atoms with van der Waals surface area (Å²) in [5, 5.41) is 3.57. The number of amides is 1. The van der Waals surface area contributed by atoms with Crippen LogP contribution in [0.3, 0.4) is 0 Å². The number of benzene rings is 1. The molecule has 0 aliphatic rings. The lowest BCUT2D eigenvalue weighted by Gasteiger charge is -2.15. The van der Waals surface area contributed by atoms with E-state index in [4.69, 9.17) is 4.98 Å². The van der Waals surface area contributed by atoms with E-state index in [-0.39, 0.29) is 5.91 Å². The van der Waals surface area contributed by atoms with Gasteiger partial charge in [0.05, 0.1) is 5.52 Å². The van der Waals surface area contributed by atoms with Crippen LogP contribution in [0.2, 0.25) is 0 Å². The second-order valence-electron chi connectivity index (χ2n) is 5.93. The third kappa shape index (κ3) is 4.30. The van der Waals surface area contributed by atoms with Gasteiger partial charge < -0.3 is 5.32 Å². The Morgan fingerprint density at radius 3 is 2.32 bits per heavy atom. The van der Waals surface area contributed by atoms with Crippen LogP contribution in [0.15, 0.2) is 30.3 Å². The van der Waals surface area contributed by atoms with Gasteiger partial charge in [-0.2, -0.15) is 0 Å². The van der Waals surface area contributed by atoms with Crippen molar-refractivity contribution in [1.29, 1.82) is 0 Å². The van der Waals surface area contributed by atoms with E-state index in [1.54, 1.807) is 7.05 Å². The molecule has 0 aliphatic carbocycles. The maximum absolute atomic E-state index is 11.8. The van der Waals surface area contributed by atoms with Crippen LogP contribution < -0.4 is 5.32 Å². The van der Waals surface area contributed by atoms with Gasteiger partial charge in [-0.1, -0.05) is 53.2 Å². The van der Waals surface area contributed by atoms with Crippen LogP contribution in [0.5, 0.6) is 0 Å². The van der Waals surface area contributed by atoms with Gasteiger partial charge in [0.2, 0.25) is 0 Å². The number of rotatable bonds is 3. The van der Waals surface area contributed by atoms with Crippen molar-refractivity contribution in [1.82, 2.24) is 10.3 Å². The number of carbonyl (C=O) groups excluding carboxylic acids is 1. The molecule has 1 atom stereocenters. The summed E-state index contributed by atoms with van der Waals surface area (Å²) in [5.74, 6) is 0.886. The minimum Gasteiger partial charge on any atom is -0.355 e. The van der Waals surface area contributed by atoms with E-state index < -0.39 is 0 Å². The van der Waals surface area contributed by atoms with Crippen molar-refractivity contribution < 1.29 is 4.79 Å². The third-order valence-corrected chi connectivity index (χ3v) is 3.69. The molecule has 1 N–H and O–H groups in total. The maximum Gasteiger partial charge on any atom is 0.251 e. The summed E-state index contributed by atoms with van der Waals surface area (Å²) in [4.78, 5) is 16.5. The number of hydrogen-bond acceptors (Lipinski definition) is 2. The van der Waals surface area contributed by atoms with Gasteiger partial charge in [0, 0.05) is 29.6 Å². The van der Waals surface area contributed by atoms with E-state index in [0.717, 1.165) is 16.6 Å². The first-order chi connectivity index (χ1) is 10.5. The van der Waals surface area contributed by atoms with Crippen molar-refractivity contribution in [2.45, 2.75) is 47.0 Å². The van der Waals surface area contributed by atoms with Crippen LogP contribution in [-0.2, 0) is 0 Å². The fourth-order valence-corrected chi connectivity index (χ4v) is 2.10. The molecular weight excluding hydrogens is 272 g/mol. The van der Waals surface area contributed by atoms with Gasteiger partial charge in [-0.05, 0) is 24.1 Å². The molecule has 1 unspecified atom stereocenters. The van der Waals surface area contributed by atoms with E-state index in [1.165, 1.54) is 6.42 Å². The number of nitrogens with one attached hydrogen (secondary N) is 1. The van der Waals surface area contributed by atoms with Gasteiger partial charge in [-0.25, -0.2) is 0 Å². The molecule has 0 bridgehead atoms. The molecule has 22 heavy (non-hydrogen) atoms. The minimum atomic E-state index is -0.0722. The fraction of sp³-hybridized carbons (Fsp3) is 0.474. The average molecular weight is 300 g/mol. The second-order valence-corrected chi connectivity index (χ2v) is 5.93. The zero-order chi connectivity index (χ0) is 16.7. The van der Waals surface area contributed by atoms with Crippen molar-refractivity contribution >= 4 is 16.8 Å². The Balaban J connectivity index is 0.000000745. The number of fused-ring (bicyclic) bond motifs is 1. The Kier molecular flexibility index (Phi) is 7.03. The van der Waals surface area contributed by atoms with Gasteiger partial charge in [-0.15, -0.1) is 0 Å². The van der Waals surface area contributed by atoms with Crippen LogP contribution in [0, 0.1) is 5.92 Å². The summed E-state index contributed by atoms with van der Waals surface area (Å²) >= 11 is 0. The molecule has 0 saturated carbocycles. The average Bonchev–Trinajstić information content (AvgIpc) is 2.52. The SMILES string of the molecule is CCC.CNC(=O)c1cccc2nc(C(C)C(C)C)ccc12. The van der Waals surface area contributed by atoms with E-state index in [1.807, 2.05) is 30.3 Å². The predicted octanol–water partition coefficient (Wildman–Crippen LogP) is 4.77. The zero-order valence-electron chi connectivity index (χ0n) is 14.6. The molecule has 1 aromatic carbocycles. The van der Waals surface area contributed by atoms with Gasteiger partial charge >= 0.3 is 0 Å². The van der Waals surface area contributed by atoms with Crippen molar-refractivity contribution in [2.24, 2.45) is 5.92 Å².